The lowest BCUT2D eigenvalue weighted by Gasteiger charge is -2.32. The van der Waals surface area contributed by atoms with Crippen molar-refractivity contribution in [2.24, 2.45) is 0 Å². The zero-order valence-corrected chi connectivity index (χ0v) is 15.5. The number of para-hydroxylation sites is 2. The molecule has 4 rings (SSSR count). The van der Waals surface area contributed by atoms with Crippen LogP contribution in [-0.4, -0.2) is 45.6 Å². The molecule has 144 valence electrons. The molecule has 1 aliphatic heterocycles. The molecule has 0 fully saturated rings. The highest BCUT2D eigenvalue weighted by Gasteiger charge is 2.31. The van der Waals surface area contributed by atoms with Gasteiger partial charge in [-0.3, -0.25) is 14.0 Å². The van der Waals surface area contributed by atoms with E-state index in [1.54, 1.807) is 11.8 Å². The summed E-state index contributed by atoms with van der Waals surface area (Å²) in [5.74, 6) is 1.20. The van der Waals surface area contributed by atoms with Crippen LogP contribution in [0.2, 0.25) is 0 Å². The van der Waals surface area contributed by atoms with Gasteiger partial charge in [0.1, 0.15) is 11.6 Å². The largest absolute Gasteiger partial charge is 0.479 e. The Labute approximate surface area is 162 Å². The van der Waals surface area contributed by atoms with Gasteiger partial charge in [-0.15, -0.1) is 10.2 Å². The second-order valence-corrected chi connectivity index (χ2v) is 6.61. The summed E-state index contributed by atoms with van der Waals surface area (Å²) >= 11 is 0. The van der Waals surface area contributed by atoms with E-state index in [4.69, 9.17) is 4.74 Å². The molecule has 1 unspecified atom stereocenters. The van der Waals surface area contributed by atoms with Crippen molar-refractivity contribution in [2.75, 3.05) is 18.0 Å². The fourth-order valence-corrected chi connectivity index (χ4v) is 3.27. The molecule has 0 saturated carbocycles. The van der Waals surface area contributed by atoms with E-state index in [0.717, 1.165) is 11.5 Å². The number of nitrogens with zero attached hydrogens (tertiary/aromatic N) is 4. The first-order chi connectivity index (χ1) is 13.6. The van der Waals surface area contributed by atoms with Crippen molar-refractivity contribution < 1.29 is 14.3 Å². The third kappa shape index (κ3) is 3.53. The van der Waals surface area contributed by atoms with Gasteiger partial charge in [0.15, 0.2) is 11.8 Å². The van der Waals surface area contributed by atoms with Gasteiger partial charge in [0.25, 0.3) is 5.91 Å². The maximum Gasteiger partial charge on any atom is 0.267 e. The molecule has 1 aromatic carbocycles. The van der Waals surface area contributed by atoms with Gasteiger partial charge in [0, 0.05) is 32.1 Å². The van der Waals surface area contributed by atoms with Crippen molar-refractivity contribution >= 4 is 23.1 Å². The number of nitrogens with one attached hydrogen (secondary N) is 1. The molecular weight excluding hydrogens is 358 g/mol. The van der Waals surface area contributed by atoms with E-state index in [1.165, 1.54) is 0 Å². The van der Waals surface area contributed by atoms with Crippen molar-refractivity contribution in [3.8, 4) is 5.75 Å². The van der Waals surface area contributed by atoms with Crippen LogP contribution in [0.3, 0.4) is 0 Å². The summed E-state index contributed by atoms with van der Waals surface area (Å²) in [6.45, 7) is 2.48. The molecule has 8 heteroatoms. The first-order valence-electron chi connectivity index (χ1n) is 9.26. The van der Waals surface area contributed by atoms with Crippen LogP contribution >= 0.6 is 0 Å². The molecule has 1 N–H and O–H groups in total. The predicted octanol–water partition coefficient (Wildman–Crippen LogP) is 1.59. The van der Waals surface area contributed by atoms with Crippen LogP contribution < -0.4 is 15.0 Å². The Hall–Kier alpha value is -3.42. The molecule has 3 heterocycles. The minimum Gasteiger partial charge on any atom is -0.479 e. The first-order valence-corrected chi connectivity index (χ1v) is 9.26. The number of carbonyl (C=O) groups is 2. The Morgan fingerprint density at radius 2 is 2.00 bits per heavy atom. The second-order valence-electron chi connectivity index (χ2n) is 6.61. The number of carbonyl (C=O) groups excluding carboxylic acids is 2. The maximum absolute atomic E-state index is 12.4. The Balaban J connectivity index is 1.31. The average molecular weight is 379 g/mol. The number of pyridine rings is 1. The van der Waals surface area contributed by atoms with E-state index in [1.807, 2.05) is 53.1 Å². The average Bonchev–Trinajstić information content (AvgIpc) is 3.12. The third-order valence-electron chi connectivity index (χ3n) is 4.69. The van der Waals surface area contributed by atoms with Crippen molar-refractivity contribution in [2.45, 2.75) is 25.9 Å². The van der Waals surface area contributed by atoms with E-state index in [-0.39, 0.29) is 18.2 Å². The van der Waals surface area contributed by atoms with Gasteiger partial charge >= 0.3 is 0 Å². The number of benzene rings is 1. The molecule has 8 nitrogen and oxygen atoms in total. The van der Waals surface area contributed by atoms with Crippen LogP contribution in [-0.2, 0) is 16.0 Å². The van der Waals surface area contributed by atoms with Crippen LogP contribution in [0.4, 0.5) is 5.69 Å². The normalized spacial score (nSPS) is 16.0. The third-order valence-corrected chi connectivity index (χ3v) is 4.69. The van der Waals surface area contributed by atoms with Gasteiger partial charge in [0.05, 0.1) is 5.69 Å². The Bertz CT molecular complexity index is 1020. The van der Waals surface area contributed by atoms with Gasteiger partial charge in [-0.1, -0.05) is 18.2 Å². The van der Waals surface area contributed by atoms with E-state index in [9.17, 15) is 9.59 Å². The summed E-state index contributed by atoms with van der Waals surface area (Å²) in [4.78, 5) is 26.3. The number of anilines is 1. The van der Waals surface area contributed by atoms with Crippen LogP contribution in [0.15, 0.2) is 48.7 Å². The maximum atomic E-state index is 12.4. The molecule has 1 atom stereocenters. The molecule has 0 bridgehead atoms. The molecule has 0 saturated heterocycles. The number of aromatic nitrogens is 3. The predicted molar refractivity (Wildman–Crippen MR) is 103 cm³/mol. The molecule has 0 radical (unpaired) electrons. The number of fused-ring (bicyclic) bond motifs is 2. The number of hydrogen-bond donors (Lipinski definition) is 1. The van der Waals surface area contributed by atoms with Gasteiger partial charge < -0.3 is 15.0 Å². The fraction of sp³-hybridized carbons (Fsp3) is 0.300. The van der Waals surface area contributed by atoms with Gasteiger partial charge in [-0.2, -0.15) is 0 Å². The summed E-state index contributed by atoms with van der Waals surface area (Å²) in [6, 6.07) is 13.1. The highest BCUT2D eigenvalue weighted by Crippen LogP contribution is 2.33. The van der Waals surface area contributed by atoms with E-state index < -0.39 is 6.10 Å². The highest BCUT2D eigenvalue weighted by atomic mass is 16.5. The lowest BCUT2D eigenvalue weighted by atomic mass is 10.1. The molecule has 28 heavy (non-hydrogen) atoms. The number of hydrogen-bond acceptors (Lipinski definition) is 5. The molecule has 0 spiro atoms. The van der Waals surface area contributed by atoms with Crippen molar-refractivity contribution in [1.82, 2.24) is 19.9 Å². The van der Waals surface area contributed by atoms with Gasteiger partial charge in [-0.05, 0) is 31.2 Å². The van der Waals surface area contributed by atoms with Crippen LogP contribution in [0.25, 0.3) is 5.65 Å². The monoisotopic (exact) mass is 379 g/mol. The second kappa shape index (κ2) is 7.67. The van der Waals surface area contributed by atoms with E-state index in [2.05, 4.69) is 15.5 Å². The molecule has 2 aromatic heterocycles. The summed E-state index contributed by atoms with van der Waals surface area (Å²) in [7, 11) is 0. The zero-order chi connectivity index (χ0) is 19.5. The smallest absolute Gasteiger partial charge is 0.267 e. The molecular formula is C20H21N5O3. The van der Waals surface area contributed by atoms with Gasteiger partial charge in [-0.25, -0.2) is 0 Å². The minimum atomic E-state index is -0.556. The molecule has 0 aliphatic carbocycles. The Kier molecular flexibility index (Phi) is 4.92. The van der Waals surface area contributed by atoms with Crippen LogP contribution in [0.1, 0.15) is 19.2 Å². The summed E-state index contributed by atoms with van der Waals surface area (Å²) in [6.07, 6.45) is 2.13. The lowest BCUT2D eigenvalue weighted by molar-refractivity contribution is -0.125. The highest BCUT2D eigenvalue weighted by molar-refractivity contribution is 6.00. The molecule has 2 amide bonds. The van der Waals surface area contributed by atoms with Crippen LogP contribution in [0, 0.1) is 0 Å². The zero-order valence-electron chi connectivity index (χ0n) is 15.5. The fourth-order valence-electron chi connectivity index (χ4n) is 3.27. The number of ether oxygens (including phenoxy) is 1. The first kappa shape index (κ1) is 18.0. The lowest BCUT2D eigenvalue weighted by Crippen LogP contribution is -2.45. The van der Waals surface area contributed by atoms with Crippen molar-refractivity contribution in [3.63, 3.8) is 0 Å². The summed E-state index contributed by atoms with van der Waals surface area (Å²) in [5.41, 5.74) is 1.48. The van der Waals surface area contributed by atoms with Crippen molar-refractivity contribution in [3.05, 3.63) is 54.5 Å². The number of rotatable bonds is 6. The van der Waals surface area contributed by atoms with Gasteiger partial charge in [0.2, 0.25) is 5.91 Å². The quantitative estimate of drug-likeness (QED) is 0.703. The summed E-state index contributed by atoms with van der Waals surface area (Å²) < 4.78 is 7.52. The minimum absolute atomic E-state index is 0.113. The van der Waals surface area contributed by atoms with E-state index in [0.29, 0.717) is 30.9 Å². The Morgan fingerprint density at radius 1 is 1.18 bits per heavy atom. The molecule has 3 aromatic rings. The van der Waals surface area contributed by atoms with E-state index >= 15 is 0 Å². The SMILES string of the molecule is CC1Oc2ccccc2N(CCC(=O)NCCc2nnc3ccccn23)C1=O. The standard InChI is InChI=1S/C20H21N5O3/c1-14-20(27)24(15-6-2-3-7-16(15)28-14)13-10-19(26)21-11-9-18-23-22-17-8-4-5-12-25(17)18/h2-8,12,14H,9-11,13H2,1H3,(H,21,26). The topological polar surface area (TPSA) is 88.8 Å². The Morgan fingerprint density at radius 3 is 2.89 bits per heavy atom. The number of amides is 2. The van der Waals surface area contributed by atoms with Crippen molar-refractivity contribution in [1.29, 1.82) is 0 Å². The summed E-state index contributed by atoms with van der Waals surface area (Å²) in [5, 5.41) is 11.1. The van der Waals surface area contributed by atoms with Crippen LogP contribution in [0.5, 0.6) is 5.75 Å². The molecule has 1 aliphatic rings.